The first-order chi connectivity index (χ1) is 16.9. The average Bonchev–Trinajstić information content (AvgIpc) is 2.88. The van der Waals surface area contributed by atoms with Crippen molar-refractivity contribution in [2.24, 2.45) is 0 Å². The molecule has 1 fully saturated rings. The van der Waals surface area contributed by atoms with Crippen molar-refractivity contribution < 1.29 is 19.1 Å². The Kier molecular flexibility index (Phi) is 7.60. The van der Waals surface area contributed by atoms with Gasteiger partial charge in [-0.25, -0.2) is 4.79 Å². The highest BCUT2D eigenvalue weighted by atomic mass is 16.5. The molecule has 0 spiro atoms. The van der Waals surface area contributed by atoms with Gasteiger partial charge in [-0.1, -0.05) is 55.7 Å². The average molecular weight is 471 g/mol. The highest BCUT2D eigenvalue weighted by molar-refractivity contribution is 6.09. The molecule has 6 heteroatoms. The molecule has 0 saturated heterocycles. The highest BCUT2D eigenvalue weighted by Gasteiger charge is 2.20. The maximum Gasteiger partial charge on any atom is 0.339 e. The predicted molar refractivity (Wildman–Crippen MR) is 138 cm³/mol. The fraction of sp³-hybridized carbons (Fsp3) is 0.276. The van der Waals surface area contributed by atoms with Crippen molar-refractivity contribution in [3.63, 3.8) is 0 Å². The van der Waals surface area contributed by atoms with Gasteiger partial charge in [-0.3, -0.25) is 9.59 Å². The van der Waals surface area contributed by atoms with Gasteiger partial charge in [0.2, 0.25) is 5.91 Å². The fourth-order valence-electron chi connectivity index (χ4n) is 4.48. The molecule has 0 heterocycles. The lowest BCUT2D eigenvalue weighted by molar-refractivity contribution is -0.111. The van der Waals surface area contributed by atoms with Crippen LogP contribution in [-0.4, -0.2) is 30.9 Å². The Morgan fingerprint density at radius 1 is 0.886 bits per heavy atom. The van der Waals surface area contributed by atoms with Crippen molar-refractivity contribution in [2.45, 2.75) is 45.1 Å². The minimum atomic E-state index is -0.588. The number of amides is 2. The summed E-state index contributed by atoms with van der Waals surface area (Å²) in [7, 11) is 1.28. The summed E-state index contributed by atoms with van der Waals surface area (Å²) in [6.45, 7) is 1.86. The van der Waals surface area contributed by atoms with E-state index in [1.165, 1.54) is 31.7 Å². The number of fused-ring (bicyclic) bond motifs is 1. The second-order valence-corrected chi connectivity index (χ2v) is 8.94. The van der Waals surface area contributed by atoms with Gasteiger partial charge < -0.3 is 15.4 Å². The molecular formula is C29H30N2O4. The molecule has 3 aromatic rings. The van der Waals surface area contributed by atoms with Crippen LogP contribution in [-0.2, 0) is 9.53 Å². The molecule has 0 unspecified atom stereocenters. The molecule has 180 valence electrons. The molecule has 6 nitrogen and oxygen atoms in total. The zero-order chi connectivity index (χ0) is 24.8. The summed E-state index contributed by atoms with van der Waals surface area (Å²) < 4.78 is 4.87. The van der Waals surface area contributed by atoms with E-state index in [2.05, 4.69) is 10.6 Å². The summed E-state index contributed by atoms with van der Waals surface area (Å²) in [5.41, 5.74) is 2.51. The first-order valence-electron chi connectivity index (χ1n) is 12.0. The molecule has 1 aliphatic rings. The van der Waals surface area contributed by atoms with Gasteiger partial charge in [0, 0.05) is 17.7 Å². The number of carbonyl (C=O) groups is 3. The summed E-state index contributed by atoms with van der Waals surface area (Å²) in [6, 6.07) is 18.8. The fourth-order valence-corrected chi connectivity index (χ4v) is 4.48. The summed E-state index contributed by atoms with van der Waals surface area (Å²) in [4.78, 5) is 38.0. The van der Waals surface area contributed by atoms with E-state index in [4.69, 9.17) is 4.74 Å². The van der Waals surface area contributed by atoms with E-state index in [0.29, 0.717) is 5.56 Å². The first-order valence-corrected chi connectivity index (χ1v) is 12.0. The zero-order valence-electron chi connectivity index (χ0n) is 20.1. The van der Waals surface area contributed by atoms with Crippen molar-refractivity contribution in [2.75, 3.05) is 12.4 Å². The van der Waals surface area contributed by atoms with E-state index in [9.17, 15) is 14.4 Å². The highest BCUT2D eigenvalue weighted by Crippen LogP contribution is 2.23. The van der Waals surface area contributed by atoms with Gasteiger partial charge in [0.25, 0.3) is 5.91 Å². The Balaban J connectivity index is 1.55. The van der Waals surface area contributed by atoms with E-state index < -0.39 is 11.9 Å². The lowest BCUT2D eigenvalue weighted by Gasteiger charge is -2.23. The molecule has 0 radical (unpaired) electrons. The molecule has 2 N–H and O–H groups in total. The van der Waals surface area contributed by atoms with Gasteiger partial charge >= 0.3 is 5.97 Å². The monoisotopic (exact) mass is 470 g/mol. The van der Waals surface area contributed by atoms with E-state index >= 15 is 0 Å². The van der Waals surface area contributed by atoms with Crippen LogP contribution in [0.1, 0.15) is 65.3 Å². The third kappa shape index (κ3) is 5.96. The number of ether oxygens (including phenoxy) is 1. The number of carbonyl (C=O) groups excluding carboxylic acids is 3. The van der Waals surface area contributed by atoms with Crippen LogP contribution in [0.2, 0.25) is 0 Å². The van der Waals surface area contributed by atoms with Gasteiger partial charge in [-0.05, 0) is 65.9 Å². The minimum Gasteiger partial charge on any atom is -0.465 e. The molecule has 3 aromatic carbocycles. The number of nitrogens with one attached hydrogen (secondary N) is 2. The van der Waals surface area contributed by atoms with Gasteiger partial charge in [0.05, 0.1) is 18.4 Å². The van der Waals surface area contributed by atoms with E-state index in [0.717, 1.165) is 47.6 Å². The SMILES string of the molecule is COC(=O)c1ccc(C(=O)NC2CCCCC2)cc1NC(=O)C=C(C)c1ccc2ccccc2c1. The van der Waals surface area contributed by atoms with Crippen LogP contribution >= 0.6 is 0 Å². The first kappa shape index (κ1) is 24.2. The number of rotatable bonds is 6. The molecule has 1 aliphatic carbocycles. The second-order valence-electron chi connectivity index (χ2n) is 8.94. The lowest BCUT2D eigenvalue weighted by Crippen LogP contribution is -2.36. The Morgan fingerprint density at radius 2 is 1.60 bits per heavy atom. The number of methoxy groups -OCH3 is 1. The van der Waals surface area contributed by atoms with Crippen LogP contribution < -0.4 is 10.6 Å². The molecular weight excluding hydrogens is 440 g/mol. The van der Waals surface area contributed by atoms with E-state index in [1.54, 1.807) is 6.07 Å². The topological polar surface area (TPSA) is 84.5 Å². The molecule has 0 aliphatic heterocycles. The standard InChI is InChI=1S/C29H30N2O4/c1-19(21-13-12-20-8-6-7-9-22(20)17-21)16-27(32)31-26-18-23(14-15-25(26)29(34)35-2)28(33)30-24-10-4-3-5-11-24/h6-9,12-18,24H,3-5,10-11H2,1-2H3,(H,30,33)(H,31,32). The quantitative estimate of drug-likeness (QED) is 0.356. The van der Waals surface area contributed by atoms with Crippen molar-refractivity contribution >= 4 is 39.8 Å². The minimum absolute atomic E-state index is 0.155. The number of hydrogen-bond donors (Lipinski definition) is 2. The Morgan fingerprint density at radius 3 is 2.34 bits per heavy atom. The molecule has 0 aromatic heterocycles. The molecule has 35 heavy (non-hydrogen) atoms. The predicted octanol–water partition coefficient (Wildman–Crippen LogP) is 5.73. The van der Waals surface area contributed by atoms with Gasteiger partial charge in [-0.15, -0.1) is 0 Å². The smallest absolute Gasteiger partial charge is 0.339 e. The summed E-state index contributed by atoms with van der Waals surface area (Å²) >= 11 is 0. The van der Waals surface area contributed by atoms with Crippen molar-refractivity contribution in [3.05, 3.63) is 83.4 Å². The second kappa shape index (κ2) is 11.0. The maximum atomic E-state index is 12.9. The lowest BCUT2D eigenvalue weighted by atomic mass is 9.95. The van der Waals surface area contributed by atoms with Crippen molar-refractivity contribution in [3.8, 4) is 0 Å². The van der Waals surface area contributed by atoms with Gasteiger partial charge in [0.15, 0.2) is 0 Å². The largest absolute Gasteiger partial charge is 0.465 e. The number of hydrogen-bond acceptors (Lipinski definition) is 4. The van der Waals surface area contributed by atoms with Gasteiger partial charge in [0.1, 0.15) is 0 Å². The Labute approximate surface area is 205 Å². The van der Waals surface area contributed by atoms with Crippen LogP contribution in [0.25, 0.3) is 16.3 Å². The number of esters is 1. The van der Waals surface area contributed by atoms with Gasteiger partial charge in [-0.2, -0.15) is 0 Å². The molecule has 4 rings (SSSR count). The van der Waals surface area contributed by atoms with E-state index in [1.807, 2.05) is 49.4 Å². The number of anilines is 1. The third-order valence-electron chi connectivity index (χ3n) is 6.44. The van der Waals surface area contributed by atoms with E-state index in [-0.39, 0.29) is 23.2 Å². The molecule has 2 amide bonds. The summed E-state index contributed by atoms with van der Waals surface area (Å²) in [5.74, 6) is -1.20. The maximum absolute atomic E-state index is 12.9. The number of benzene rings is 3. The Bertz CT molecular complexity index is 1290. The van der Waals surface area contributed by atoms with Crippen LogP contribution in [0.3, 0.4) is 0 Å². The third-order valence-corrected chi connectivity index (χ3v) is 6.44. The normalized spacial score (nSPS) is 14.4. The summed E-state index contributed by atoms with van der Waals surface area (Å²) in [5, 5.41) is 8.04. The van der Waals surface area contributed by atoms with Crippen LogP contribution in [0, 0.1) is 0 Å². The van der Waals surface area contributed by atoms with Crippen LogP contribution in [0.5, 0.6) is 0 Å². The number of allylic oxidation sites excluding steroid dienone is 1. The van der Waals surface area contributed by atoms with Crippen LogP contribution in [0.15, 0.2) is 66.7 Å². The van der Waals surface area contributed by atoms with Crippen molar-refractivity contribution in [1.29, 1.82) is 0 Å². The molecule has 0 bridgehead atoms. The zero-order valence-corrected chi connectivity index (χ0v) is 20.1. The summed E-state index contributed by atoms with van der Waals surface area (Å²) in [6.07, 6.45) is 6.83. The van der Waals surface area contributed by atoms with Crippen molar-refractivity contribution in [1.82, 2.24) is 5.32 Å². The Hall–Kier alpha value is -3.93. The molecule has 1 saturated carbocycles. The van der Waals surface area contributed by atoms with Crippen LogP contribution in [0.4, 0.5) is 5.69 Å². The molecule has 0 atom stereocenters.